The average molecular weight is 259 g/mol. The van der Waals surface area contributed by atoms with Gasteiger partial charge in [0.25, 0.3) is 0 Å². The molecule has 0 unspecified atom stereocenters. The van der Waals surface area contributed by atoms with Crippen molar-refractivity contribution in [2.24, 2.45) is 0 Å². The fraction of sp³-hybridized carbons (Fsp3) is 0.286. The van der Waals surface area contributed by atoms with Gasteiger partial charge in [0.1, 0.15) is 5.69 Å². The van der Waals surface area contributed by atoms with Crippen LogP contribution in [0, 0.1) is 0 Å². The second-order valence-corrected chi connectivity index (χ2v) is 5.37. The van der Waals surface area contributed by atoms with Crippen LogP contribution in [0.2, 0.25) is 0 Å². The summed E-state index contributed by atoms with van der Waals surface area (Å²) in [6.45, 7) is 4.30. The van der Waals surface area contributed by atoms with Gasteiger partial charge in [0.2, 0.25) is 0 Å². The number of aromatic nitrogens is 3. The van der Waals surface area contributed by atoms with E-state index >= 15 is 0 Å². The molecule has 0 aliphatic rings. The van der Waals surface area contributed by atoms with Gasteiger partial charge in [-0.15, -0.1) is 16.9 Å². The molecule has 0 bridgehead atoms. The van der Waals surface area contributed by atoms with Gasteiger partial charge in [-0.1, -0.05) is 30.3 Å². The van der Waals surface area contributed by atoms with Gasteiger partial charge in [-0.2, -0.15) is 0 Å². The normalized spacial score (nSPS) is 11.8. The average Bonchev–Trinajstić information content (AvgIpc) is 2.86. The highest BCUT2D eigenvalue weighted by Crippen LogP contribution is 2.18. The molecule has 0 spiro atoms. The van der Waals surface area contributed by atoms with Crippen molar-refractivity contribution in [2.75, 3.05) is 5.75 Å². The Hall–Kier alpha value is -1.55. The highest BCUT2D eigenvalue weighted by atomic mass is 32.2. The minimum absolute atomic E-state index is 0.903. The Kier molecular flexibility index (Phi) is 4.59. The smallest absolute Gasteiger partial charge is 0.107 e. The van der Waals surface area contributed by atoms with Crippen LogP contribution in [0.3, 0.4) is 0 Å². The molecule has 1 aromatic carbocycles. The first-order chi connectivity index (χ1) is 8.79. The summed E-state index contributed by atoms with van der Waals surface area (Å²) in [6.07, 6.45) is 5.21. The zero-order valence-corrected chi connectivity index (χ0v) is 11.5. The zero-order chi connectivity index (χ0) is 12.8. The predicted octanol–water partition coefficient (Wildman–Crippen LogP) is 3.77. The Morgan fingerprint density at radius 2 is 2.11 bits per heavy atom. The summed E-state index contributed by atoms with van der Waals surface area (Å²) in [4.78, 5) is 1.27. The molecule has 0 saturated heterocycles. The van der Waals surface area contributed by atoms with E-state index in [2.05, 4.69) is 30.2 Å². The lowest BCUT2D eigenvalue weighted by Crippen LogP contribution is -1.93. The fourth-order valence-electron chi connectivity index (χ4n) is 1.56. The summed E-state index contributed by atoms with van der Waals surface area (Å²) < 4.78 is 1.80. The minimum Gasteiger partial charge on any atom is -0.220 e. The first kappa shape index (κ1) is 12.9. The van der Waals surface area contributed by atoms with Crippen molar-refractivity contribution in [3.05, 3.63) is 47.1 Å². The molecule has 1 aromatic heterocycles. The molecule has 0 atom stereocenters. The third kappa shape index (κ3) is 3.47. The van der Waals surface area contributed by atoms with E-state index in [1.807, 2.05) is 48.3 Å². The van der Waals surface area contributed by atoms with Gasteiger partial charge in [0, 0.05) is 0 Å². The molecule has 0 aliphatic heterocycles. The lowest BCUT2D eigenvalue weighted by molar-refractivity contribution is 0.802. The highest BCUT2D eigenvalue weighted by molar-refractivity contribution is 8.03. The molecule has 94 valence electrons. The Balaban J connectivity index is 2.11. The summed E-state index contributed by atoms with van der Waals surface area (Å²) in [7, 11) is 0. The van der Waals surface area contributed by atoms with Crippen molar-refractivity contribution < 1.29 is 0 Å². The summed E-state index contributed by atoms with van der Waals surface area (Å²) in [5.74, 6) is 1.15. The summed E-state index contributed by atoms with van der Waals surface area (Å²) in [5.41, 5.74) is 1.93. The van der Waals surface area contributed by atoms with Crippen LogP contribution in [0.15, 0.2) is 41.4 Å². The second kappa shape index (κ2) is 6.40. The molecule has 0 fully saturated rings. The molecule has 18 heavy (non-hydrogen) atoms. The molecule has 0 N–H and O–H groups in total. The first-order valence-electron chi connectivity index (χ1n) is 6.08. The number of nitrogens with zero attached hydrogens (tertiary/aromatic N) is 3. The fourth-order valence-corrected chi connectivity index (χ4v) is 2.29. The molecule has 0 radical (unpaired) electrons. The maximum atomic E-state index is 4.16. The standard InChI is InChI=1S/C14H17N3S/c1-3-9-18-12(2)10-13-11-17(16-15-13)14-7-5-4-6-8-14/h4-8,10-11H,3,9H2,1-2H3/b12-10-. The van der Waals surface area contributed by atoms with Crippen LogP contribution < -0.4 is 0 Å². The van der Waals surface area contributed by atoms with Crippen molar-refractivity contribution in [3.63, 3.8) is 0 Å². The molecule has 4 heteroatoms. The highest BCUT2D eigenvalue weighted by Gasteiger charge is 2.00. The number of allylic oxidation sites excluding steroid dienone is 1. The van der Waals surface area contributed by atoms with Crippen LogP contribution in [0.25, 0.3) is 11.8 Å². The van der Waals surface area contributed by atoms with E-state index in [1.165, 1.54) is 11.3 Å². The van der Waals surface area contributed by atoms with Gasteiger partial charge in [-0.25, -0.2) is 4.68 Å². The number of thioether (sulfide) groups is 1. The zero-order valence-electron chi connectivity index (χ0n) is 10.7. The lowest BCUT2D eigenvalue weighted by atomic mass is 10.3. The maximum Gasteiger partial charge on any atom is 0.107 e. The van der Waals surface area contributed by atoms with Gasteiger partial charge in [-0.3, -0.25) is 0 Å². The van der Waals surface area contributed by atoms with Gasteiger partial charge < -0.3 is 0 Å². The number of rotatable bonds is 5. The first-order valence-corrected chi connectivity index (χ1v) is 7.07. The maximum absolute atomic E-state index is 4.16. The number of hydrogen-bond donors (Lipinski definition) is 0. The van der Waals surface area contributed by atoms with Crippen LogP contribution in [0.1, 0.15) is 26.0 Å². The van der Waals surface area contributed by atoms with Crippen LogP contribution in [0.5, 0.6) is 0 Å². The summed E-state index contributed by atoms with van der Waals surface area (Å²) in [5, 5.41) is 8.30. The molecular formula is C14H17N3S. The Morgan fingerprint density at radius 1 is 1.33 bits per heavy atom. The van der Waals surface area contributed by atoms with E-state index < -0.39 is 0 Å². The molecule has 3 nitrogen and oxygen atoms in total. The molecule has 0 aliphatic carbocycles. The van der Waals surface area contributed by atoms with E-state index in [1.54, 1.807) is 4.68 Å². The Morgan fingerprint density at radius 3 is 2.83 bits per heavy atom. The van der Waals surface area contributed by atoms with Gasteiger partial charge in [0.05, 0.1) is 11.9 Å². The number of hydrogen-bond acceptors (Lipinski definition) is 3. The van der Waals surface area contributed by atoms with Crippen molar-refractivity contribution in [2.45, 2.75) is 20.3 Å². The second-order valence-electron chi connectivity index (χ2n) is 4.03. The van der Waals surface area contributed by atoms with Crippen molar-refractivity contribution in [1.82, 2.24) is 15.0 Å². The SMILES string of the molecule is CCCS/C(C)=C\c1cn(-c2ccccc2)nn1. The van der Waals surface area contributed by atoms with Crippen molar-refractivity contribution in [1.29, 1.82) is 0 Å². The van der Waals surface area contributed by atoms with Crippen LogP contribution >= 0.6 is 11.8 Å². The molecular weight excluding hydrogens is 242 g/mol. The van der Waals surface area contributed by atoms with E-state index in [4.69, 9.17) is 0 Å². The van der Waals surface area contributed by atoms with Gasteiger partial charge >= 0.3 is 0 Å². The predicted molar refractivity (Wildman–Crippen MR) is 77.8 cm³/mol. The molecule has 0 amide bonds. The quantitative estimate of drug-likeness (QED) is 0.819. The van der Waals surface area contributed by atoms with Crippen molar-refractivity contribution in [3.8, 4) is 5.69 Å². The minimum atomic E-state index is 0.903. The molecule has 0 saturated carbocycles. The number of benzene rings is 1. The monoisotopic (exact) mass is 259 g/mol. The van der Waals surface area contributed by atoms with Crippen LogP contribution in [0.4, 0.5) is 0 Å². The number of para-hydroxylation sites is 1. The van der Waals surface area contributed by atoms with Crippen LogP contribution in [-0.2, 0) is 0 Å². The van der Waals surface area contributed by atoms with Gasteiger partial charge in [0.15, 0.2) is 0 Å². The van der Waals surface area contributed by atoms with Crippen LogP contribution in [-0.4, -0.2) is 20.7 Å². The lowest BCUT2D eigenvalue weighted by Gasteiger charge is -1.97. The van der Waals surface area contributed by atoms with E-state index in [9.17, 15) is 0 Å². The largest absolute Gasteiger partial charge is 0.220 e. The van der Waals surface area contributed by atoms with Crippen molar-refractivity contribution >= 4 is 17.8 Å². The summed E-state index contributed by atoms with van der Waals surface area (Å²) >= 11 is 1.86. The topological polar surface area (TPSA) is 30.7 Å². The van der Waals surface area contributed by atoms with E-state index in [-0.39, 0.29) is 0 Å². The molecule has 2 rings (SSSR count). The molecule has 1 heterocycles. The third-order valence-electron chi connectivity index (χ3n) is 2.42. The third-order valence-corrected chi connectivity index (χ3v) is 3.60. The molecule has 2 aromatic rings. The Labute approximate surface area is 112 Å². The summed E-state index contributed by atoms with van der Waals surface area (Å²) in [6, 6.07) is 10.0. The van der Waals surface area contributed by atoms with E-state index in [0.29, 0.717) is 0 Å². The van der Waals surface area contributed by atoms with Gasteiger partial charge in [-0.05, 0) is 42.2 Å². The Bertz CT molecular complexity index is 517. The van der Waals surface area contributed by atoms with E-state index in [0.717, 1.165) is 17.1 Å².